The number of hydrogen-bond donors (Lipinski definition) is 2. The summed E-state index contributed by atoms with van der Waals surface area (Å²) in [6.07, 6.45) is -1.51. The monoisotopic (exact) mass is 420 g/mol. The van der Waals surface area contributed by atoms with E-state index < -0.39 is 11.9 Å². The van der Waals surface area contributed by atoms with Crippen molar-refractivity contribution < 1.29 is 22.5 Å². The summed E-state index contributed by atoms with van der Waals surface area (Å²) in [6, 6.07) is 2.79. The second-order valence-electron chi connectivity index (χ2n) is 7.20. The summed E-state index contributed by atoms with van der Waals surface area (Å²) in [7, 11) is 0. The minimum absolute atomic E-state index is 0.125. The maximum Gasteiger partial charge on any atom is 0.436 e. The molecule has 0 radical (unpaired) electrons. The van der Waals surface area contributed by atoms with Gasteiger partial charge in [0, 0.05) is 12.6 Å². The van der Waals surface area contributed by atoms with Crippen LogP contribution in [0.3, 0.4) is 0 Å². The van der Waals surface area contributed by atoms with Crippen LogP contribution in [0, 0.1) is 13.8 Å². The fourth-order valence-electron chi connectivity index (χ4n) is 3.40. The highest BCUT2D eigenvalue weighted by molar-refractivity contribution is 6.03. The summed E-state index contributed by atoms with van der Waals surface area (Å²) in [5.41, 5.74) is 2.34. The minimum atomic E-state index is -4.54. The zero-order valence-electron chi connectivity index (χ0n) is 16.3. The summed E-state index contributed by atoms with van der Waals surface area (Å²) >= 11 is 0. The average Bonchev–Trinajstić information content (AvgIpc) is 3.32. The molecule has 2 N–H and O–H groups in total. The number of halogens is 3. The van der Waals surface area contributed by atoms with E-state index in [2.05, 4.69) is 25.7 Å². The van der Waals surface area contributed by atoms with E-state index in [0.717, 1.165) is 35.0 Å². The fraction of sp³-hybridized carbons (Fsp3) is 0.368. The van der Waals surface area contributed by atoms with E-state index in [0.29, 0.717) is 24.5 Å². The van der Waals surface area contributed by atoms with E-state index in [1.165, 1.54) is 0 Å². The highest BCUT2D eigenvalue weighted by atomic mass is 19.4. The second-order valence-corrected chi connectivity index (χ2v) is 7.20. The van der Waals surface area contributed by atoms with Crippen molar-refractivity contribution in [1.29, 1.82) is 0 Å². The Balaban J connectivity index is 1.56. The topological polar surface area (TPSA) is 99.9 Å². The third-order valence-electron chi connectivity index (χ3n) is 4.94. The molecule has 4 heterocycles. The molecular weight excluding hydrogens is 401 g/mol. The van der Waals surface area contributed by atoms with Crippen LogP contribution in [0.15, 0.2) is 22.9 Å². The van der Waals surface area contributed by atoms with Gasteiger partial charge < -0.3 is 14.7 Å². The Labute approximate surface area is 169 Å². The number of fused-ring (bicyclic) bond motifs is 1. The number of aromatic nitrogens is 4. The van der Waals surface area contributed by atoms with Crippen LogP contribution < -0.4 is 10.2 Å². The molecule has 8 nitrogen and oxygen atoms in total. The minimum Gasteiger partial charge on any atom is -0.362 e. The Hall–Kier alpha value is -3.37. The van der Waals surface area contributed by atoms with Crippen LogP contribution in [-0.4, -0.2) is 32.8 Å². The van der Waals surface area contributed by atoms with Crippen molar-refractivity contribution in [2.45, 2.75) is 39.4 Å². The lowest BCUT2D eigenvalue weighted by Crippen LogP contribution is -2.30. The van der Waals surface area contributed by atoms with Gasteiger partial charge in [0.1, 0.15) is 11.5 Å². The van der Waals surface area contributed by atoms with Crippen LogP contribution >= 0.6 is 0 Å². The third-order valence-corrected chi connectivity index (χ3v) is 4.94. The molecule has 4 rings (SSSR count). The number of aryl methyl sites for hydroxylation is 3. The van der Waals surface area contributed by atoms with Crippen LogP contribution in [0.25, 0.3) is 0 Å². The van der Waals surface area contributed by atoms with Gasteiger partial charge in [-0.15, -0.1) is 0 Å². The highest BCUT2D eigenvalue weighted by Crippen LogP contribution is 2.33. The van der Waals surface area contributed by atoms with Crippen molar-refractivity contribution in [3.63, 3.8) is 0 Å². The lowest BCUT2D eigenvalue weighted by atomic mass is 10.1. The number of nitrogens with one attached hydrogen (secondary N) is 2. The third kappa shape index (κ3) is 3.87. The molecule has 1 aliphatic rings. The van der Waals surface area contributed by atoms with Crippen molar-refractivity contribution >= 4 is 17.4 Å². The quantitative estimate of drug-likeness (QED) is 0.669. The van der Waals surface area contributed by atoms with Crippen LogP contribution in [0.2, 0.25) is 0 Å². The Kier molecular flexibility index (Phi) is 4.96. The van der Waals surface area contributed by atoms with Gasteiger partial charge in [0.15, 0.2) is 11.5 Å². The lowest BCUT2D eigenvalue weighted by molar-refractivity contribution is -0.142. The maximum atomic E-state index is 12.8. The molecule has 3 aromatic heterocycles. The maximum absolute atomic E-state index is 12.8. The molecule has 0 atom stereocenters. The normalized spacial score (nSPS) is 14.0. The largest absolute Gasteiger partial charge is 0.436 e. The molecule has 30 heavy (non-hydrogen) atoms. The number of alkyl halides is 3. The number of rotatable bonds is 4. The fourth-order valence-corrected chi connectivity index (χ4v) is 3.40. The molecular formula is C19H19F3N6O2. The lowest BCUT2D eigenvalue weighted by Gasteiger charge is -2.30. The van der Waals surface area contributed by atoms with Gasteiger partial charge in [-0.3, -0.25) is 9.89 Å². The average molecular weight is 420 g/mol. The number of pyridine rings is 1. The Bertz CT molecular complexity index is 1090. The van der Waals surface area contributed by atoms with Gasteiger partial charge >= 0.3 is 6.18 Å². The van der Waals surface area contributed by atoms with Crippen molar-refractivity contribution in [2.75, 3.05) is 16.8 Å². The van der Waals surface area contributed by atoms with Gasteiger partial charge in [-0.25, -0.2) is 4.98 Å². The summed E-state index contributed by atoms with van der Waals surface area (Å²) in [6.45, 7) is 4.38. The molecule has 0 unspecified atom stereocenters. The van der Waals surface area contributed by atoms with Crippen LogP contribution in [0.4, 0.5) is 24.7 Å². The Morgan fingerprint density at radius 3 is 2.77 bits per heavy atom. The SMILES string of the molecule is Cc1cc2c(nc1NC(=O)c1[nH]ncc1C)CCCN2Cc1cc(C(F)(F)F)no1. The van der Waals surface area contributed by atoms with Gasteiger partial charge in [-0.2, -0.15) is 18.3 Å². The molecule has 0 aromatic carbocycles. The van der Waals surface area contributed by atoms with Crippen molar-refractivity contribution in [3.8, 4) is 0 Å². The molecule has 1 amide bonds. The predicted octanol–water partition coefficient (Wildman–Crippen LogP) is 3.63. The Morgan fingerprint density at radius 1 is 1.30 bits per heavy atom. The van der Waals surface area contributed by atoms with E-state index in [4.69, 9.17) is 4.52 Å². The van der Waals surface area contributed by atoms with Gasteiger partial charge in [0.25, 0.3) is 5.91 Å². The molecule has 3 aromatic rings. The first kappa shape index (κ1) is 19.9. The number of aromatic amines is 1. The molecule has 0 spiro atoms. The molecule has 11 heteroatoms. The number of amides is 1. The number of carbonyl (C=O) groups is 1. The van der Waals surface area contributed by atoms with E-state index in [-0.39, 0.29) is 18.2 Å². The number of anilines is 2. The number of carbonyl (C=O) groups excluding carboxylic acids is 1. The van der Waals surface area contributed by atoms with Crippen molar-refractivity contribution in [2.24, 2.45) is 0 Å². The summed E-state index contributed by atoms with van der Waals surface area (Å²) < 4.78 is 43.2. The zero-order chi connectivity index (χ0) is 21.5. The molecule has 158 valence electrons. The van der Waals surface area contributed by atoms with Crippen LogP contribution in [0.5, 0.6) is 0 Å². The molecule has 0 bridgehead atoms. The molecule has 0 saturated heterocycles. The van der Waals surface area contributed by atoms with E-state index in [1.54, 1.807) is 13.1 Å². The number of nitrogens with zero attached hydrogens (tertiary/aromatic N) is 4. The summed E-state index contributed by atoms with van der Waals surface area (Å²) in [5.74, 6) is 0.225. The van der Waals surface area contributed by atoms with Crippen molar-refractivity contribution in [1.82, 2.24) is 20.3 Å². The van der Waals surface area contributed by atoms with Crippen LogP contribution in [0.1, 0.15) is 45.2 Å². The molecule has 0 aliphatic carbocycles. The number of H-pyrrole nitrogens is 1. The predicted molar refractivity (Wildman–Crippen MR) is 101 cm³/mol. The number of hydrogen-bond acceptors (Lipinski definition) is 6. The first-order valence-electron chi connectivity index (χ1n) is 9.32. The van der Waals surface area contributed by atoms with Gasteiger partial charge in [-0.05, 0) is 43.9 Å². The van der Waals surface area contributed by atoms with Crippen molar-refractivity contribution in [3.05, 3.63) is 52.3 Å². The van der Waals surface area contributed by atoms with Gasteiger partial charge in [0.2, 0.25) is 0 Å². The zero-order valence-corrected chi connectivity index (χ0v) is 16.3. The smallest absolute Gasteiger partial charge is 0.362 e. The highest BCUT2D eigenvalue weighted by Gasteiger charge is 2.35. The molecule has 1 aliphatic heterocycles. The summed E-state index contributed by atoms with van der Waals surface area (Å²) in [4.78, 5) is 19.0. The summed E-state index contributed by atoms with van der Waals surface area (Å²) in [5, 5.41) is 12.4. The first-order chi connectivity index (χ1) is 14.2. The molecule has 0 saturated carbocycles. The first-order valence-corrected chi connectivity index (χ1v) is 9.32. The molecule has 0 fully saturated rings. The van der Waals surface area contributed by atoms with E-state index in [9.17, 15) is 18.0 Å². The second kappa shape index (κ2) is 7.47. The van der Waals surface area contributed by atoms with Gasteiger partial charge in [-0.1, -0.05) is 5.16 Å². The van der Waals surface area contributed by atoms with E-state index in [1.807, 2.05) is 17.9 Å². The standard InChI is InChI=1S/C19H19F3N6O2/c1-10-6-14-13(24-17(10)25-18(29)16-11(2)8-23-26-16)4-3-5-28(14)9-12-7-15(27-30-12)19(20,21)22/h6-8H,3-5,9H2,1-2H3,(H,23,26)(H,24,25,29). The van der Waals surface area contributed by atoms with E-state index >= 15 is 0 Å². The Morgan fingerprint density at radius 2 is 2.10 bits per heavy atom. The van der Waals surface area contributed by atoms with Crippen LogP contribution in [-0.2, 0) is 19.1 Å². The van der Waals surface area contributed by atoms with Gasteiger partial charge in [0.05, 0.1) is 24.1 Å².